The third kappa shape index (κ3) is 2.77. The molecule has 0 aromatic heterocycles. The molecule has 0 aromatic rings. The van der Waals surface area contributed by atoms with Gasteiger partial charge in [0.25, 0.3) is 0 Å². The van der Waals surface area contributed by atoms with Gasteiger partial charge < -0.3 is 9.84 Å². The van der Waals surface area contributed by atoms with Gasteiger partial charge in [0, 0.05) is 7.11 Å². The van der Waals surface area contributed by atoms with Crippen molar-refractivity contribution in [2.45, 2.75) is 12.5 Å². The molecule has 1 unspecified atom stereocenters. The predicted molar refractivity (Wildman–Crippen MR) is 32.7 cm³/mol. The van der Waals surface area contributed by atoms with E-state index in [4.69, 9.17) is 5.11 Å². The lowest BCUT2D eigenvalue weighted by Gasteiger charge is -2.15. The Kier molecular flexibility index (Phi) is 2.72. The largest absolute Gasteiger partial charge is 0.384 e. The first kappa shape index (κ1) is 7.66. The molecule has 48 valence electrons. The summed E-state index contributed by atoms with van der Waals surface area (Å²) in [5, 5.41) is 9.08. The average Bonchev–Trinajstić information content (AvgIpc) is 1.67. The SMILES string of the molecule is C=CC(C)(O)COC. The van der Waals surface area contributed by atoms with Crippen LogP contribution in [0.25, 0.3) is 0 Å². The van der Waals surface area contributed by atoms with Gasteiger partial charge in [-0.25, -0.2) is 0 Å². The van der Waals surface area contributed by atoms with Crippen LogP contribution in [0.2, 0.25) is 0 Å². The maximum absolute atomic E-state index is 9.08. The summed E-state index contributed by atoms with van der Waals surface area (Å²) in [6.07, 6.45) is 1.45. The average molecular weight is 116 g/mol. The van der Waals surface area contributed by atoms with Crippen LogP contribution in [0.4, 0.5) is 0 Å². The third-order valence-electron chi connectivity index (χ3n) is 0.876. The number of aliphatic hydroxyl groups is 1. The molecule has 1 N–H and O–H groups in total. The van der Waals surface area contributed by atoms with Crippen LogP contribution in [0, 0.1) is 0 Å². The molecule has 0 aliphatic heterocycles. The lowest BCUT2D eigenvalue weighted by molar-refractivity contribution is 0.0204. The highest BCUT2D eigenvalue weighted by atomic mass is 16.5. The Bertz CT molecular complexity index is 76.6. The van der Waals surface area contributed by atoms with Crippen LogP contribution in [-0.2, 0) is 4.74 Å². The van der Waals surface area contributed by atoms with E-state index in [1.54, 1.807) is 6.92 Å². The number of methoxy groups -OCH3 is 1. The molecule has 1 atom stereocenters. The Morgan fingerprint density at radius 1 is 1.88 bits per heavy atom. The van der Waals surface area contributed by atoms with E-state index < -0.39 is 5.60 Å². The van der Waals surface area contributed by atoms with Crippen LogP contribution in [0.15, 0.2) is 12.7 Å². The quantitative estimate of drug-likeness (QED) is 0.546. The topological polar surface area (TPSA) is 29.5 Å². The monoisotopic (exact) mass is 116 g/mol. The van der Waals surface area contributed by atoms with E-state index in [0.29, 0.717) is 6.61 Å². The minimum Gasteiger partial charge on any atom is -0.384 e. The van der Waals surface area contributed by atoms with Crippen molar-refractivity contribution in [1.29, 1.82) is 0 Å². The van der Waals surface area contributed by atoms with Crippen molar-refractivity contribution >= 4 is 0 Å². The minimum atomic E-state index is -0.866. The Morgan fingerprint density at radius 3 is 2.50 bits per heavy atom. The van der Waals surface area contributed by atoms with Crippen LogP contribution >= 0.6 is 0 Å². The van der Waals surface area contributed by atoms with E-state index in [-0.39, 0.29) is 0 Å². The standard InChI is InChI=1S/C6H12O2/c1-4-6(2,7)5-8-3/h4,7H,1,5H2,2-3H3. The van der Waals surface area contributed by atoms with E-state index in [1.807, 2.05) is 0 Å². The van der Waals surface area contributed by atoms with Gasteiger partial charge in [-0.1, -0.05) is 6.08 Å². The fourth-order valence-corrected chi connectivity index (χ4v) is 0.351. The van der Waals surface area contributed by atoms with E-state index in [1.165, 1.54) is 13.2 Å². The van der Waals surface area contributed by atoms with Crippen molar-refractivity contribution in [1.82, 2.24) is 0 Å². The van der Waals surface area contributed by atoms with Gasteiger partial charge in [0.05, 0.1) is 6.61 Å². The van der Waals surface area contributed by atoms with Gasteiger partial charge >= 0.3 is 0 Å². The molecule has 0 fully saturated rings. The smallest absolute Gasteiger partial charge is 0.103 e. The summed E-state index contributed by atoms with van der Waals surface area (Å²) in [6, 6.07) is 0. The van der Waals surface area contributed by atoms with Gasteiger partial charge in [-0.2, -0.15) is 0 Å². The Balaban J connectivity index is 3.53. The van der Waals surface area contributed by atoms with Crippen molar-refractivity contribution in [3.8, 4) is 0 Å². The number of ether oxygens (including phenoxy) is 1. The highest BCUT2D eigenvalue weighted by Crippen LogP contribution is 2.02. The van der Waals surface area contributed by atoms with E-state index in [2.05, 4.69) is 11.3 Å². The van der Waals surface area contributed by atoms with Crippen molar-refractivity contribution < 1.29 is 9.84 Å². The summed E-state index contributed by atoms with van der Waals surface area (Å²) >= 11 is 0. The van der Waals surface area contributed by atoms with Gasteiger partial charge in [-0.3, -0.25) is 0 Å². The fourth-order valence-electron chi connectivity index (χ4n) is 0.351. The van der Waals surface area contributed by atoms with E-state index in [9.17, 15) is 0 Å². The second kappa shape index (κ2) is 2.84. The Hall–Kier alpha value is -0.340. The molecular weight excluding hydrogens is 104 g/mol. The van der Waals surface area contributed by atoms with Crippen LogP contribution in [-0.4, -0.2) is 24.4 Å². The maximum atomic E-state index is 9.08. The van der Waals surface area contributed by atoms with Gasteiger partial charge in [0.1, 0.15) is 5.60 Å². The summed E-state index contributed by atoms with van der Waals surface area (Å²) in [6.45, 7) is 5.37. The van der Waals surface area contributed by atoms with E-state index >= 15 is 0 Å². The summed E-state index contributed by atoms with van der Waals surface area (Å²) in [7, 11) is 1.54. The summed E-state index contributed by atoms with van der Waals surface area (Å²) < 4.78 is 4.68. The zero-order chi connectivity index (χ0) is 6.62. The molecule has 0 aliphatic carbocycles. The molecule has 2 heteroatoms. The predicted octanol–water partition coefficient (Wildman–Crippen LogP) is 0.570. The van der Waals surface area contributed by atoms with Crippen molar-refractivity contribution in [2.24, 2.45) is 0 Å². The van der Waals surface area contributed by atoms with Gasteiger partial charge in [-0.15, -0.1) is 6.58 Å². The summed E-state index contributed by atoms with van der Waals surface area (Å²) in [5.74, 6) is 0. The van der Waals surface area contributed by atoms with Crippen molar-refractivity contribution in [2.75, 3.05) is 13.7 Å². The molecular formula is C6H12O2. The molecule has 0 amide bonds. The normalized spacial score (nSPS) is 17.4. The van der Waals surface area contributed by atoms with Crippen molar-refractivity contribution in [3.05, 3.63) is 12.7 Å². The molecule has 0 heterocycles. The zero-order valence-electron chi connectivity index (χ0n) is 5.35. The Morgan fingerprint density at radius 2 is 2.38 bits per heavy atom. The highest BCUT2D eigenvalue weighted by Gasteiger charge is 2.13. The van der Waals surface area contributed by atoms with Crippen LogP contribution < -0.4 is 0 Å². The van der Waals surface area contributed by atoms with Crippen molar-refractivity contribution in [3.63, 3.8) is 0 Å². The number of hydrogen-bond acceptors (Lipinski definition) is 2. The molecule has 0 bridgehead atoms. The molecule has 0 radical (unpaired) electrons. The minimum absolute atomic E-state index is 0.302. The maximum Gasteiger partial charge on any atom is 0.103 e. The highest BCUT2D eigenvalue weighted by molar-refractivity contribution is 4.91. The molecule has 0 spiro atoms. The van der Waals surface area contributed by atoms with Gasteiger partial charge in [-0.05, 0) is 6.92 Å². The van der Waals surface area contributed by atoms with Gasteiger partial charge in [0.2, 0.25) is 0 Å². The van der Waals surface area contributed by atoms with Crippen LogP contribution in [0.1, 0.15) is 6.92 Å². The molecule has 0 rings (SSSR count). The van der Waals surface area contributed by atoms with E-state index in [0.717, 1.165) is 0 Å². The second-order valence-corrected chi connectivity index (χ2v) is 1.99. The van der Waals surface area contributed by atoms with Crippen LogP contribution in [0.5, 0.6) is 0 Å². The Labute approximate surface area is 49.8 Å². The molecule has 0 saturated heterocycles. The van der Waals surface area contributed by atoms with Crippen LogP contribution in [0.3, 0.4) is 0 Å². The lowest BCUT2D eigenvalue weighted by Crippen LogP contribution is -2.26. The summed E-state index contributed by atoms with van der Waals surface area (Å²) in [4.78, 5) is 0. The number of rotatable bonds is 3. The first-order valence-electron chi connectivity index (χ1n) is 2.47. The molecule has 0 aromatic carbocycles. The lowest BCUT2D eigenvalue weighted by atomic mass is 10.1. The number of hydrogen-bond donors (Lipinski definition) is 1. The zero-order valence-corrected chi connectivity index (χ0v) is 5.35. The first-order valence-corrected chi connectivity index (χ1v) is 2.47. The molecule has 0 saturated carbocycles. The first-order chi connectivity index (χ1) is 3.62. The molecule has 0 aliphatic rings. The summed E-state index contributed by atoms with van der Waals surface area (Å²) in [5.41, 5.74) is -0.866. The molecule has 8 heavy (non-hydrogen) atoms. The van der Waals surface area contributed by atoms with Gasteiger partial charge in [0.15, 0.2) is 0 Å². The fraction of sp³-hybridized carbons (Fsp3) is 0.667. The molecule has 2 nitrogen and oxygen atoms in total. The second-order valence-electron chi connectivity index (χ2n) is 1.99. The third-order valence-corrected chi connectivity index (χ3v) is 0.876.